The fourth-order valence-corrected chi connectivity index (χ4v) is 4.75. The van der Waals surface area contributed by atoms with Crippen LogP contribution in [0.25, 0.3) is 0 Å². The first-order valence-corrected chi connectivity index (χ1v) is 8.20. The zero-order chi connectivity index (χ0) is 15.1. The molecule has 0 amide bonds. The number of fused-ring (bicyclic) bond motifs is 3. The quantitative estimate of drug-likeness (QED) is 0.793. The number of Topliss-reactive ketones (excluding diaryl/α,β-unsaturated/α-hetero) is 1. The lowest BCUT2D eigenvalue weighted by atomic mass is 9.99. The van der Waals surface area contributed by atoms with Crippen LogP contribution in [0, 0.1) is 17.2 Å². The van der Waals surface area contributed by atoms with E-state index in [0.717, 1.165) is 11.3 Å². The molecule has 1 unspecified atom stereocenters. The molecular formula is C18H14N2OS. The standard InChI is InChI=1S/C18H14N2OS/c19-11-13-10-15(17(21)12-6-2-1-3-7-12)20-14-8-4-5-9-16(14)22-18(13)20/h1-9,13,15,18H,10H2/t13?,15-,18+/m0/s1. The molecule has 4 rings (SSSR count). The Balaban J connectivity index is 1.75. The molecule has 0 saturated carbocycles. The van der Waals surface area contributed by atoms with Crippen LogP contribution in [0.3, 0.4) is 0 Å². The predicted octanol–water partition coefficient (Wildman–Crippen LogP) is 3.72. The van der Waals surface area contributed by atoms with Gasteiger partial charge in [0.1, 0.15) is 0 Å². The number of para-hydroxylation sites is 1. The lowest BCUT2D eigenvalue weighted by Crippen LogP contribution is -2.38. The van der Waals surface area contributed by atoms with E-state index in [0.29, 0.717) is 6.42 Å². The molecule has 0 bridgehead atoms. The third-order valence-electron chi connectivity index (χ3n) is 4.35. The number of carbonyl (C=O) groups excluding carboxylic acids is 1. The van der Waals surface area contributed by atoms with Crippen LogP contribution in [0.4, 0.5) is 5.69 Å². The van der Waals surface area contributed by atoms with Crippen molar-refractivity contribution in [2.45, 2.75) is 22.7 Å². The molecule has 2 aromatic rings. The lowest BCUT2D eigenvalue weighted by molar-refractivity contribution is 0.0961. The zero-order valence-corrected chi connectivity index (χ0v) is 12.7. The molecule has 0 aromatic heterocycles. The highest BCUT2D eigenvalue weighted by atomic mass is 32.2. The Hall–Kier alpha value is -2.25. The molecule has 4 heteroatoms. The minimum Gasteiger partial charge on any atom is -0.346 e. The topological polar surface area (TPSA) is 44.1 Å². The van der Waals surface area contributed by atoms with E-state index in [4.69, 9.17) is 0 Å². The van der Waals surface area contributed by atoms with E-state index >= 15 is 0 Å². The molecule has 2 aromatic carbocycles. The Morgan fingerprint density at radius 2 is 1.86 bits per heavy atom. The minimum absolute atomic E-state index is 0.0556. The molecule has 3 nitrogen and oxygen atoms in total. The number of anilines is 1. The molecule has 0 aliphatic carbocycles. The summed E-state index contributed by atoms with van der Waals surface area (Å²) in [5, 5.41) is 9.52. The first-order chi connectivity index (χ1) is 10.8. The van der Waals surface area contributed by atoms with Crippen molar-refractivity contribution in [1.29, 1.82) is 5.26 Å². The maximum absolute atomic E-state index is 12.9. The third kappa shape index (κ3) is 1.93. The van der Waals surface area contributed by atoms with Gasteiger partial charge in [0.05, 0.1) is 29.1 Å². The number of nitrogens with zero attached hydrogens (tertiary/aromatic N) is 2. The van der Waals surface area contributed by atoms with Gasteiger partial charge in [0.25, 0.3) is 0 Å². The van der Waals surface area contributed by atoms with Crippen LogP contribution < -0.4 is 4.90 Å². The SMILES string of the molecule is N#CC1C[C@@H](C(=O)c2ccccc2)N2c3ccccc3S[C@H]12. The fraction of sp³-hybridized carbons (Fsp3) is 0.222. The summed E-state index contributed by atoms with van der Waals surface area (Å²) in [6.07, 6.45) is 0.607. The molecule has 108 valence electrons. The predicted molar refractivity (Wildman–Crippen MR) is 86.8 cm³/mol. The van der Waals surface area contributed by atoms with Crippen LogP contribution in [0.1, 0.15) is 16.8 Å². The van der Waals surface area contributed by atoms with Crippen LogP contribution in [0.2, 0.25) is 0 Å². The molecule has 2 heterocycles. The molecule has 2 aliphatic heterocycles. The summed E-state index contributed by atoms with van der Waals surface area (Å²) < 4.78 is 0. The number of benzene rings is 2. The Kier molecular flexibility index (Phi) is 3.16. The van der Waals surface area contributed by atoms with Crippen LogP contribution in [0.5, 0.6) is 0 Å². The van der Waals surface area contributed by atoms with Crippen molar-refractivity contribution in [2.75, 3.05) is 4.90 Å². The van der Waals surface area contributed by atoms with E-state index in [1.54, 1.807) is 11.8 Å². The molecule has 22 heavy (non-hydrogen) atoms. The van der Waals surface area contributed by atoms with E-state index in [2.05, 4.69) is 17.0 Å². The van der Waals surface area contributed by atoms with Gasteiger partial charge < -0.3 is 4.90 Å². The number of hydrogen-bond acceptors (Lipinski definition) is 4. The molecule has 1 saturated heterocycles. The van der Waals surface area contributed by atoms with E-state index in [1.165, 1.54) is 4.90 Å². The number of ketones is 1. The zero-order valence-electron chi connectivity index (χ0n) is 11.8. The summed E-state index contributed by atoms with van der Waals surface area (Å²) in [6, 6.07) is 19.6. The fourth-order valence-electron chi connectivity index (χ4n) is 3.33. The lowest BCUT2D eigenvalue weighted by Gasteiger charge is -2.25. The number of rotatable bonds is 2. The van der Waals surface area contributed by atoms with E-state index in [-0.39, 0.29) is 23.1 Å². The van der Waals surface area contributed by atoms with E-state index < -0.39 is 0 Å². The van der Waals surface area contributed by atoms with Crippen molar-refractivity contribution in [3.05, 3.63) is 60.2 Å². The summed E-state index contributed by atoms with van der Waals surface area (Å²) in [7, 11) is 0. The molecule has 0 spiro atoms. The average Bonchev–Trinajstić information content (AvgIpc) is 3.12. The highest BCUT2D eigenvalue weighted by Crippen LogP contribution is 2.52. The van der Waals surface area contributed by atoms with Crippen molar-refractivity contribution in [3.63, 3.8) is 0 Å². The second-order valence-electron chi connectivity index (χ2n) is 5.60. The first-order valence-electron chi connectivity index (χ1n) is 7.32. The summed E-state index contributed by atoms with van der Waals surface area (Å²) >= 11 is 1.71. The number of hydrogen-bond donors (Lipinski definition) is 0. The minimum atomic E-state index is -0.242. The van der Waals surface area contributed by atoms with Crippen molar-refractivity contribution >= 4 is 23.2 Å². The van der Waals surface area contributed by atoms with E-state index in [9.17, 15) is 10.1 Å². The van der Waals surface area contributed by atoms with Crippen LogP contribution in [-0.2, 0) is 0 Å². The summed E-state index contributed by atoms with van der Waals surface area (Å²) in [5.74, 6) is -0.00397. The van der Waals surface area contributed by atoms with Crippen LogP contribution in [0.15, 0.2) is 59.5 Å². The van der Waals surface area contributed by atoms with Gasteiger partial charge in [0.2, 0.25) is 0 Å². The second kappa shape index (κ2) is 5.19. The summed E-state index contributed by atoms with van der Waals surface area (Å²) in [5.41, 5.74) is 1.81. The van der Waals surface area contributed by atoms with Gasteiger partial charge >= 0.3 is 0 Å². The second-order valence-corrected chi connectivity index (χ2v) is 6.76. The highest BCUT2D eigenvalue weighted by Gasteiger charge is 2.49. The smallest absolute Gasteiger partial charge is 0.185 e. The van der Waals surface area contributed by atoms with Crippen molar-refractivity contribution < 1.29 is 4.79 Å². The van der Waals surface area contributed by atoms with Gasteiger partial charge in [-0.3, -0.25) is 4.79 Å². The Bertz CT molecular complexity index is 768. The van der Waals surface area contributed by atoms with Crippen LogP contribution >= 0.6 is 11.8 Å². The number of nitriles is 1. The molecule has 3 atom stereocenters. The van der Waals surface area contributed by atoms with Crippen LogP contribution in [-0.4, -0.2) is 17.2 Å². The summed E-state index contributed by atoms with van der Waals surface area (Å²) in [6.45, 7) is 0. The van der Waals surface area contributed by atoms with Crippen molar-refractivity contribution in [2.24, 2.45) is 5.92 Å². The Labute approximate surface area is 133 Å². The number of carbonyl (C=O) groups is 1. The van der Waals surface area contributed by atoms with Gasteiger partial charge in [0.15, 0.2) is 5.78 Å². The largest absolute Gasteiger partial charge is 0.346 e. The first kappa shape index (κ1) is 13.4. The number of thioether (sulfide) groups is 1. The van der Waals surface area contributed by atoms with Gasteiger partial charge in [-0.2, -0.15) is 5.26 Å². The monoisotopic (exact) mass is 306 g/mol. The molecule has 1 fully saturated rings. The Morgan fingerprint density at radius 1 is 1.14 bits per heavy atom. The molecule has 0 radical (unpaired) electrons. The summed E-state index contributed by atoms with van der Waals surface area (Å²) in [4.78, 5) is 16.2. The normalized spacial score (nSPS) is 25.4. The Morgan fingerprint density at radius 3 is 2.64 bits per heavy atom. The van der Waals surface area contributed by atoms with Gasteiger partial charge in [-0.25, -0.2) is 0 Å². The maximum Gasteiger partial charge on any atom is 0.185 e. The average molecular weight is 306 g/mol. The maximum atomic E-state index is 12.9. The molecular weight excluding hydrogens is 292 g/mol. The van der Waals surface area contributed by atoms with Gasteiger partial charge in [-0.15, -0.1) is 0 Å². The van der Waals surface area contributed by atoms with Gasteiger partial charge in [-0.1, -0.05) is 54.2 Å². The van der Waals surface area contributed by atoms with Gasteiger partial charge in [-0.05, 0) is 18.6 Å². The molecule has 2 aliphatic rings. The highest BCUT2D eigenvalue weighted by molar-refractivity contribution is 8.00. The third-order valence-corrected chi connectivity index (χ3v) is 5.75. The van der Waals surface area contributed by atoms with Crippen molar-refractivity contribution in [3.8, 4) is 6.07 Å². The van der Waals surface area contributed by atoms with Crippen molar-refractivity contribution in [1.82, 2.24) is 0 Å². The van der Waals surface area contributed by atoms with E-state index in [1.807, 2.05) is 48.5 Å². The van der Waals surface area contributed by atoms with Gasteiger partial charge in [0, 0.05) is 10.5 Å². The molecule has 0 N–H and O–H groups in total.